The Kier molecular flexibility index (Phi) is 8.53. The lowest BCUT2D eigenvalue weighted by Gasteiger charge is -2.10. The first-order chi connectivity index (χ1) is 17.6. The van der Waals surface area contributed by atoms with Crippen molar-refractivity contribution in [3.8, 4) is 28.8 Å². The molecule has 7 nitrogen and oxygen atoms in total. The first-order valence-corrected chi connectivity index (χ1v) is 12.5. The maximum absolute atomic E-state index is 12.8. The number of amides is 1. The van der Waals surface area contributed by atoms with Crippen molar-refractivity contribution >= 4 is 12.0 Å². The van der Waals surface area contributed by atoms with Crippen molar-refractivity contribution in [2.75, 3.05) is 19.8 Å². The summed E-state index contributed by atoms with van der Waals surface area (Å²) in [5.41, 5.74) is 4.20. The number of unbranched alkanes of at least 4 members (excludes halogenated alkanes) is 1. The van der Waals surface area contributed by atoms with Gasteiger partial charge in [0.1, 0.15) is 23.1 Å². The van der Waals surface area contributed by atoms with E-state index in [9.17, 15) is 10.1 Å². The Hall–Kier alpha value is -3.89. The minimum atomic E-state index is -0.414. The number of nitrogens with one attached hydrogen (secondary N) is 1. The van der Waals surface area contributed by atoms with Gasteiger partial charge < -0.3 is 14.8 Å². The van der Waals surface area contributed by atoms with Crippen LogP contribution in [0.15, 0.2) is 60.3 Å². The van der Waals surface area contributed by atoms with Crippen LogP contribution in [0.1, 0.15) is 43.7 Å². The summed E-state index contributed by atoms with van der Waals surface area (Å²) in [5.74, 6) is 0.401. The smallest absolute Gasteiger partial charge is 0.262 e. The zero-order chi connectivity index (χ0) is 25.3. The molecule has 0 radical (unpaired) electrons. The maximum atomic E-state index is 12.8. The highest BCUT2D eigenvalue weighted by Crippen LogP contribution is 2.31. The molecule has 4 rings (SSSR count). The highest BCUT2D eigenvalue weighted by Gasteiger charge is 2.19. The van der Waals surface area contributed by atoms with Crippen molar-refractivity contribution in [3.05, 3.63) is 71.4 Å². The standard InChI is InChI=1S/C29H32N4O3/c1-3-4-14-35-25-12-13-27(21(2)16-25)28-23(20-33(32-28)24-9-6-5-7-10-24)17-22(18-30)29(34)31-19-26-11-8-15-36-26/h5-7,9-10,12-13,16-17,20,26H,3-4,8,11,14-15,19H2,1-2H3,(H,31,34)/b22-17-. The molecule has 1 atom stereocenters. The van der Waals surface area contributed by atoms with Gasteiger partial charge in [0, 0.05) is 30.5 Å². The summed E-state index contributed by atoms with van der Waals surface area (Å²) < 4.78 is 13.2. The predicted molar refractivity (Wildman–Crippen MR) is 140 cm³/mol. The van der Waals surface area contributed by atoms with Crippen LogP contribution in [0.5, 0.6) is 5.75 Å². The lowest BCUT2D eigenvalue weighted by Crippen LogP contribution is -2.32. The summed E-state index contributed by atoms with van der Waals surface area (Å²) in [5, 5.41) is 17.5. The van der Waals surface area contributed by atoms with Crippen LogP contribution in [0.2, 0.25) is 0 Å². The van der Waals surface area contributed by atoms with Gasteiger partial charge in [0.2, 0.25) is 0 Å². The molecule has 3 aromatic rings. The van der Waals surface area contributed by atoms with Gasteiger partial charge in [-0.05, 0) is 68.2 Å². The van der Waals surface area contributed by atoms with Crippen LogP contribution < -0.4 is 10.1 Å². The second-order valence-corrected chi connectivity index (χ2v) is 8.91. The first-order valence-electron chi connectivity index (χ1n) is 12.5. The van der Waals surface area contributed by atoms with E-state index in [1.54, 1.807) is 10.8 Å². The average molecular weight is 485 g/mol. The molecule has 1 aliphatic heterocycles. The summed E-state index contributed by atoms with van der Waals surface area (Å²) >= 11 is 0. The zero-order valence-corrected chi connectivity index (χ0v) is 20.9. The van der Waals surface area contributed by atoms with Gasteiger partial charge in [0.05, 0.1) is 18.4 Å². The van der Waals surface area contributed by atoms with Crippen molar-refractivity contribution in [1.82, 2.24) is 15.1 Å². The van der Waals surface area contributed by atoms with Crippen molar-refractivity contribution in [2.45, 2.75) is 45.6 Å². The molecule has 1 fully saturated rings. The molecule has 2 aromatic carbocycles. The number of hydrogen-bond donors (Lipinski definition) is 1. The van der Waals surface area contributed by atoms with E-state index in [0.717, 1.165) is 48.2 Å². The van der Waals surface area contributed by atoms with Crippen molar-refractivity contribution in [1.29, 1.82) is 5.26 Å². The Bertz CT molecular complexity index is 1250. The molecule has 1 aromatic heterocycles. The largest absolute Gasteiger partial charge is 0.494 e. The molecule has 186 valence electrons. The van der Waals surface area contributed by atoms with Gasteiger partial charge in [-0.3, -0.25) is 4.79 Å². The molecule has 2 heterocycles. The van der Waals surface area contributed by atoms with Gasteiger partial charge in [0.25, 0.3) is 5.91 Å². The van der Waals surface area contributed by atoms with Gasteiger partial charge in [0.15, 0.2) is 0 Å². The fraction of sp³-hybridized carbons (Fsp3) is 0.345. The van der Waals surface area contributed by atoms with E-state index in [0.29, 0.717) is 31.0 Å². The zero-order valence-electron chi connectivity index (χ0n) is 20.9. The van der Waals surface area contributed by atoms with E-state index in [1.807, 2.05) is 61.7 Å². The Morgan fingerprint density at radius 2 is 2.14 bits per heavy atom. The Morgan fingerprint density at radius 3 is 2.83 bits per heavy atom. The van der Waals surface area contributed by atoms with Crippen LogP contribution in [-0.2, 0) is 9.53 Å². The number of para-hydroxylation sites is 1. The number of nitriles is 1. The molecule has 0 bridgehead atoms. The second kappa shape index (κ2) is 12.2. The molecule has 0 saturated carbocycles. The van der Waals surface area contributed by atoms with E-state index in [-0.39, 0.29) is 11.7 Å². The second-order valence-electron chi connectivity index (χ2n) is 8.91. The predicted octanol–water partition coefficient (Wildman–Crippen LogP) is 5.23. The van der Waals surface area contributed by atoms with E-state index in [4.69, 9.17) is 14.6 Å². The fourth-order valence-electron chi connectivity index (χ4n) is 4.15. The minimum Gasteiger partial charge on any atom is -0.494 e. The first kappa shape index (κ1) is 25.2. The van der Waals surface area contributed by atoms with Crippen molar-refractivity contribution in [3.63, 3.8) is 0 Å². The lowest BCUT2D eigenvalue weighted by atomic mass is 10.0. The monoisotopic (exact) mass is 484 g/mol. The van der Waals surface area contributed by atoms with E-state index < -0.39 is 5.91 Å². The molecular formula is C29H32N4O3. The number of nitrogens with zero attached hydrogens (tertiary/aromatic N) is 3. The lowest BCUT2D eigenvalue weighted by molar-refractivity contribution is -0.117. The van der Waals surface area contributed by atoms with Crippen LogP contribution in [0, 0.1) is 18.3 Å². The third kappa shape index (κ3) is 6.21. The van der Waals surface area contributed by atoms with E-state index in [1.165, 1.54) is 0 Å². The topological polar surface area (TPSA) is 89.2 Å². The molecule has 1 N–H and O–H groups in total. The van der Waals surface area contributed by atoms with E-state index in [2.05, 4.69) is 18.3 Å². The van der Waals surface area contributed by atoms with Crippen LogP contribution >= 0.6 is 0 Å². The van der Waals surface area contributed by atoms with Gasteiger partial charge in [-0.15, -0.1) is 0 Å². The number of hydrogen-bond acceptors (Lipinski definition) is 5. The molecular weight excluding hydrogens is 452 g/mol. The summed E-state index contributed by atoms with van der Waals surface area (Å²) in [6.45, 7) is 5.93. The third-order valence-electron chi connectivity index (χ3n) is 6.16. The molecule has 36 heavy (non-hydrogen) atoms. The fourth-order valence-corrected chi connectivity index (χ4v) is 4.15. The van der Waals surface area contributed by atoms with Crippen LogP contribution in [0.4, 0.5) is 0 Å². The number of rotatable bonds is 10. The maximum Gasteiger partial charge on any atom is 0.262 e. The molecule has 0 aliphatic carbocycles. The van der Waals surface area contributed by atoms with Gasteiger partial charge in [-0.2, -0.15) is 10.4 Å². The number of benzene rings is 2. The molecule has 0 spiro atoms. The SMILES string of the molecule is CCCCOc1ccc(-c2nn(-c3ccccc3)cc2/C=C(/C#N)C(=O)NCC2CCCO2)c(C)c1. The van der Waals surface area contributed by atoms with Crippen LogP contribution in [0.3, 0.4) is 0 Å². The summed E-state index contributed by atoms with van der Waals surface area (Å²) in [6, 6.07) is 17.7. The van der Waals surface area contributed by atoms with Gasteiger partial charge in [-0.25, -0.2) is 4.68 Å². The Balaban J connectivity index is 1.66. The molecule has 1 amide bonds. The van der Waals surface area contributed by atoms with Gasteiger partial charge in [-0.1, -0.05) is 31.5 Å². The summed E-state index contributed by atoms with van der Waals surface area (Å²) in [6.07, 6.45) is 7.45. The summed E-state index contributed by atoms with van der Waals surface area (Å²) in [7, 11) is 0. The quantitative estimate of drug-likeness (QED) is 0.242. The number of aromatic nitrogens is 2. The highest BCUT2D eigenvalue weighted by molar-refractivity contribution is 6.02. The normalized spacial score (nSPS) is 15.5. The van der Waals surface area contributed by atoms with Crippen LogP contribution in [-0.4, -0.2) is 41.6 Å². The molecule has 7 heteroatoms. The van der Waals surface area contributed by atoms with Crippen molar-refractivity contribution in [2.24, 2.45) is 0 Å². The number of carbonyl (C=O) groups is 1. The van der Waals surface area contributed by atoms with E-state index >= 15 is 0 Å². The third-order valence-corrected chi connectivity index (χ3v) is 6.16. The molecule has 1 saturated heterocycles. The number of ether oxygens (including phenoxy) is 2. The summed E-state index contributed by atoms with van der Waals surface area (Å²) in [4.78, 5) is 12.8. The molecule has 1 aliphatic rings. The number of aryl methyl sites for hydroxylation is 1. The Labute approximate surface area is 212 Å². The highest BCUT2D eigenvalue weighted by atomic mass is 16.5. The average Bonchev–Trinajstić information content (AvgIpc) is 3.57. The number of carbonyl (C=O) groups excluding carboxylic acids is 1. The van der Waals surface area contributed by atoms with Crippen LogP contribution in [0.25, 0.3) is 23.0 Å². The minimum absolute atomic E-state index is 0.00555. The molecule has 1 unspecified atom stereocenters. The Morgan fingerprint density at radius 1 is 1.31 bits per heavy atom. The van der Waals surface area contributed by atoms with Gasteiger partial charge >= 0.3 is 0 Å². The van der Waals surface area contributed by atoms with Crippen molar-refractivity contribution < 1.29 is 14.3 Å².